The molecule has 2 aliphatic rings. The van der Waals surface area contributed by atoms with Crippen LogP contribution in [-0.2, 0) is 22.0 Å². The van der Waals surface area contributed by atoms with Crippen LogP contribution in [0.3, 0.4) is 0 Å². The minimum atomic E-state index is -3.11. The third kappa shape index (κ3) is 4.67. The van der Waals surface area contributed by atoms with E-state index in [1.54, 1.807) is 6.07 Å². The van der Waals surface area contributed by atoms with Gasteiger partial charge in [-0.1, -0.05) is 0 Å². The minimum absolute atomic E-state index is 0.0383. The van der Waals surface area contributed by atoms with Crippen molar-refractivity contribution in [3.8, 4) is 17.0 Å². The number of aryl methyl sites for hydroxylation is 1. The highest BCUT2D eigenvalue weighted by molar-refractivity contribution is 7.89. The molecule has 2 aliphatic heterocycles. The molecule has 7 heteroatoms. The maximum atomic E-state index is 11.4. The number of fused-ring (bicyclic) bond motifs is 1. The maximum absolute atomic E-state index is 11.4. The smallest absolute Gasteiger partial charge is 0.153 e. The molecule has 0 saturated carbocycles. The number of rotatable bonds is 3. The van der Waals surface area contributed by atoms with Gasteiger partial charge in [0.25, 0.3) is 0 Å². The molecule has 0 bridgehead atoms. The Hall–Kier alpha value is -1.99. The van der Waals surface area contributed by atoms with Crippen LogP contribution in [0.25, 0.3) is 11.3 Å². The molecule has 0 unspecified atom stereocenters. The van der Waals surface area contributed by atoms with Crippen molar-refractivity contribution in [2.75, 3.05) is 19.3 Å². The fraction of sp³-hybridized carbons (Fsp3) is 0.565. The summed E-state index contributed by atoms with van der Waals surface area (Å²) in [5, 5.41) is 8.32. The lowest BCUT2D eigenvalue weighted by molar-refractivity contribution is -0.0355. The van der Waals surface area contributed by atoms with Gasteiger partial charge in [-0.2, -0.15) is 10.2 Å². The van der Waals surface area contributed by atoms with E-state index in [1.807, 2.05) is 18.2 Å². The highest BCUT2D eigenvalue weighted by Crippen LogP contribution is 2.41. The SMILES string of the molecule is CC(C)(C)N1CCC2(CCc3cc(-c4ccc(CS(C)(=O)=O)nn4)ccc3O2)CC1. The van der Waals surface area contributed by atoms with Crippen LogP contribution in [-0.4, -0.2) is 54.0 Å². The Morgan fingerprint density at radius 2 is 1.80 bits per heavy atom. The van der Waals surface area contributed by atoms with Crippen molar-refractivity contribution >= 4 is 9.84 Å². The van der Waals surface area contributed by atoms with Gasteiger partial charge < -0.3 is 4.74 Å². The van der Waals surface area contributed by atoms with Crippen molar-refractivity contribution in [1.29, 1.82) is 0 Å². The van der Waals surface area contributed by atoms with Crippen LogP contribution in [0, 0.1) is 0 Å². The first kappa shape index (κ1) is 21.2. The van der Waals surface area contributed by atoms with Gasteiger partial charge in [0.15, 0.2) is 9.84 Å². The van der Waals surface area contributed by atoms with E-state index in [1.165, 1.54) is 11.8 Å². The molecule has 1 aromatic carbocycles. The number of hydrogen-bond acceptors (Lipinski definition) is 6. The summed E-state index contributed by atoms with van der Waals surface area (Å²) in [5.41, 5.74) is 3.57. The molecule has 0 N–H and O–H groups in total. The molecule has 1 spiro atoms. The fourth-order valence-electron chi connectivity index (χ4n) is 4.48. The minimum Gasteiger partial charge on any atom is -0.487 e. The molecular formula is C23H31N3O3S. The first-order valence-corrected chi connectivity index (χ1v) is 12.7. The molecule has 162 valence electrons. The molecule has 6 nitrogen and oxygen atoms in total. The van der Waals surface area contributed by atoms with Crippen molar-refractivity contribution in [3.05, 3.63) is 41.6 Å². The highest BCUT2D eigenvalue weighted by Gasteiger charge is 2.41. The molecule has 1 saturated heterocycles. The number of aromatic nitrogens is 2. The van der Waals surface area contributed by atoms with E-state index in [0.717, 1.165) is 55.8 Å². The largest absolute Gasteiger partial charge is 0.487 e. The highest BCUT2D eigenvalue weighted by atomic mass is 32.2. The van der Waals surface area contributed by atoms with Gasteiger partial charge in [-0.25, -0.2) is 8.42 Å². The summed E-state index contributed by atoms with van der Waals surface area (Å²) in [4.78, 5) is 2.55. The second-order valence-electron chi connectivity index (χ2n) is 9.75. The lowest BCUT2D eigenvalue weighted by Gasteiger charge is -2.48. The predicted molar refractivity (Wildman–Crippen MR) is 118 cm³/mol. The number of sulfone groups is 1. The summed E-state index contributed by atoms with van der Waals surface area (Å²) >= 11 is 0. The molecule has 30 heavy (non-hydrogen) atoms. The number of nitrogens with zero attached hydrogens (tertiary/aromatic N) is 3. The van der Waals surface area contributed by atoms with Crippen molar-refractivity contribution in [2.24, 2.45) is 0 Å². The number of piperidine rings is 1. The van der Waals surface area contributed by atoms with E-state index < -0.39 is 9.84 Å². The number of ether oxygens (including phenoxy) is 1. The normalized spacial score (nSPS) is 19.3. The maximum Gasteiger partial charge on any atom is 0.153 e. The van der Waals surface area contributed by atoms with E-state index in [-0.39, 0.29) is 16.9 Å². The lowest BCUT2D eigenvalue weighted by atomic mass is 9.81. The summed E-state index contributed by atoms with van der Waals surface area (Å²) in [6.07, 6.45) is 5.38. The van der Waals surface area contributed by atoms with Crippen LogP contribution < -0.4 is 4.74 Å². The molecule has 0 aliphatic carbocycles. The average molecular weight is 430 g/mol. The Bertz CT molecular complexity index is 1020. The van der Waals surface area contributed by atoms with E-state index in [9.17, 15) is 8.42 Å². The molecule has 4 rings (SSSR count). The van der Waals surface area contributed by atoms with E-state index in [4.69, 9.17) is 4.74 Å². The van der Waals surface area contributed by atoms with Crippen molar-refractivity contribution in [2.45, 2.75) is 63.3 Å². The van der Waals surface area contributed by atoms with Crippen LogP contribution in [0.1, 0.15) is 51.3 Å². The van der Waals surface area contributed by atoms with Crippen LogP contribution in [0.2, 0.25) is 0 Å². The van der Waals surface area contributed by atoms with Gasteiger partial charge in [0.2, 0.25) is 0 Å². The zero-order valence-electron chi connectivity index (χ0n) is 18.3. The van der Waals surface area contributed by atoms with E-state index in [0.29, 0.717) is 5.69 Å². The molecule has 2 aromatic rings. The zero-order chi connectivity index (χ0) is 21.6. The molecular weight excluding hydrogens is 398 g/mol. The zero-order valence-corrected chi connectivity index (χ0v) is 19.1. The van der Waals surface area contributed by atoms with Gasteiger partial charge in [-0.3, -0.25) is 4.90 Å². The summed E-state index contributed by atoms with van der Waals surface area (Å²) in [7, 11) is -3.11. The third-order valence-electron chi connectivity index (χ3n) is 6.29. The Balaban J connectivity index is 1.47. The van der Waals surface area contributed by atoms with E-state index in [2.05, 4.69) is 41.9 Å². The summed E-state index contributed by atoms with van der Waals surface area (Å²) < 4.78 is 29.4. The lowest BCUT2D eigenvalue weighted by Crippen LogP contribution is -2.54. The molecule has 3 heterocycles. The van der Waals surface area contributed by atoms with Crippen LogP contribution >= 0.6 is 0 Å². The van der Waals surface area contributed by atoms with Gasteiger partial charge >= 0.3 is 0 Å². The fourth-order valence-corrected chi connectivity index (χ4v) is 5.17. The van der Waals surface area contributed by atoms with E-state index >= 15 is 0 Å². The summed E-state index contributed by atoms with van der Waals surface area (Å²) in [6.45, 7) is 8.99. The average Bonchev–Trinajstić information content (AvgIpc) is 2.67. The van der Waals surface area contributed by atoms with Crippen molar-refractivity contribution < 1.29 is 13.2 Å². The Labute approximate surface area is 179 Å². The second-order valence-corrected chi connectivity index (χ2v) is 11.9. The number of likely N-dealkylation sites (tertiary alicyclic amines) is 1. The molecule has 0 amide bonds. The first-order valence-electron chi connectivity index (χ1n) is 10.6. The Morgan fingerprint density at radius 1 is 1.07 bits per heavy atom. The summed E-state index contributed by atoms with van der Waals surface area (Å²) in [5.74, 6) is 0.892. The third-order valence-corrected chi connectivity index (χ3v) is 7.11. The topological polar surface area (TPSA) is 72.4 Å². The van der Waals surface area contributed by atoms with Gasteiger partial charge in [-0.05, 0) is 82.3 Å². The predicted octanol–water partition coefficient (Wildman–Crippen LogP) is 3.65. The molecule has 1 aromatic heterocycles. The molecule has 1 fully saturated rings. The summed E-state index contributed by atoms with van der Waals surface area (Å²) in [6, 6.07) is 9.77. The van der Waals surface area contributed by atoms with Crippen LogP contribution in [0.4, 0.5) is 0 Å². The van der Waals surface area contributed by atoms with Crippen LogP contribution in [0.15, 0.2) is 30.3 Å². The van der Waals surface area contributed by atoms with Crippen molar-refractivity contribution in [1.82, 2.24) is 15.1 Å². The van der Waals surface area contributed by atoms with Gasteiger partial charge in [0, 0.05) is 30.4 Å². The number of hydrogen-bond donors (Lipinski definition) is 0. The first-order chi connectivity index (χ1) is 14.0. The monoisotopic (exact) mass is 429 g/mol. The Kier molecular flexibility index (Phi) is 5.39. The van der Waals surface area contributed by atoms with Crippen molar-refractivity contribution in [3.63, 3.8) is 0 Å². The standard InChI is InChI=1S/C23H31N3O3S/c1-22(2,3)26-13-11-23(12-14-26)10-9-18-15-17(5-8-21(18)29-23)20-7-6-19(24-25-20)16-30(4,27)28/h5-8,15H,9-14,16H2,1-4H3. The molecule has 0 radical (unpaired) electrons. The Morgan fingerprint density at radius 3 is 2.40 bits per heavy atom. The van der Waals surface area contributed by atoms with Gasteiger partial charge in [0.1, 0.15) is 11.4 Å². The van der Waals surface area contributed by atoms with Gasteiger partial charge in [0.05, 0.1) is 17.1 Å². The second kappa shape index (κ2) is 7.61. The van der Waals surface area contributed by atoms with Crippen LogP contribution in [0.5, 0.6) is 5.75 Å². The quantitative estimate of drug-likeness (QED) is 0.742. The number of benzene rings is 1. The molecule has 0 atom stereocenters. The van der Waals surface area contributed by atoms with Gasteiger partial charge in [-0.15, -0.1) is 0 Å².